The van der Waals surface area contributed by atoms with Gasteiger partial charge in [0.05, 0.1) is 30.7 Å². The van der Waals surface area contributed by atoms with E-state index in [0.29, 0.717) is 48.9 Å². The van der Waals surface area contributed by atoms with Crippen LogP contribution in [-0.2, 0) is 87.4 Å². The van der Waals surface area contributed by atoms with Gasteiger partial charge < -0.3 is 86.7 Å². The average Bonchev–Trinajstić information content (AvgIpc) is 0.550. The van der Waals surface area contributed by atoms with Crippen LogP contribution < -0.4 is 52.7 Å². The summed E-state index contributed by atoms with van der Waals surface area (Å²) in [7, 11) is 8.94. The van der Waals surface area contributed by atoms with Crippen molar-refractivity contribution in [2.75, 3.05) is 42.7 Å². The van der Waals surface area contributed by atoms with E-state index in [1.807, 2.05) is 113 Å². The van der Waals surface area contributed by atoms with Gasteiger partial charge in [-0.05, 0) is 122 Å². The van der Waals surface area contributed by atoms with E-state index >= 15 is 0 Å². The zero-order valence-electron chi connectivity index (χ0n) is 68.4. The van der Waals surface area contributed by atoms with Crippen molar-refractivity contribution < 1.29 is 62.5 Å². The molecule has 0 radical (unpaired) electrons. The van der Waals surface area contributed by atoms with Crippen LogP contribution in [0.3, 0.4) is 0 Å². The Kier molecular flexibility index (Phi) is 38.3. The third-order valence-corrected chi connectivity index (χ3v) is 20.0. The van der Waals surface area contributed by atoms with Crippen molar-refractivity contribution in [2.24, 2.45) is 0 Å². The molecule has 0 spiro atoms. The smallest absolute Gasteiger partial charge is 0.279 e. The van der Waals surface area contributed by atoms with E-state index in [1.165, 1.54) is 62.4 Å². The Morgan fingerprint density at radius 1 is 0.438 bits per heavy atom. The first kappa shape index (κ1) is 97.5. The van der Waals surface area contributed by atoms with E-state index in [1.54, 1.807) is 120 Å². The van der Waals surface area contributed by atoms with Crippen molar-refractivity contribution in [2.45, 2.75) is 124 Å². The van der Waals surface area contributed by atoms with Gasteiger partial charge in [0.2, 0.25) is 21.7 Å². The number of methoxy groups -OCH3 is 6. The number of nitrogens with zero attached hydrogens (tertiary/aromatic N) is 5. The number of benzene rings is 6. The summed E-state index contributed by atoms with van der Waals surface area (Å²) < 4.78 is 51.4. The second-order valence-corrected chi connectivity index (χ2v) is 30.4. The molecule has 5 heterocycles. The van der Waals surface area contributed by atoms with Gasteiger partial charge in [-0.3, -0.25) is 38.4 Å². The summed E-state index contributed by atoms with van der Waals surface area (Å²) in [6.45, 7) is 14.6. The summed E-state index contributed by atoms with van der Waals surface area (Å²) in [5.74, 6) is -2.96. The van der Waals surface area contributed by atoms with Crippen molar-refractivity contribution in [1.29, 1.82) is 0 Å². The van der Waals surface area contributed by atoms with Crippen molar-refractivity contribution in [3.63, 3.8) is 0 Å². The van der Waals surface area contributed by atoms with Crippen LogP contribution in [0.2, 0.25) is 20.1 Å². The number of fused-ring (bicyclic) bond motifs is 1. The summed E-state index contributed by atoms with van der Waals surface area (Å²) >= 11 is 27.3. The predicted octanol–water partition coefficient (Wildman–Crippen LogP) is 15.3. The van der Waals surface area contributed by atoms with Gasteiger partial charge in [0.1, 0.15) is 13.2 Å². The average molecular weight is 1820 g/mol. The van der Waals surface area contributed by atoms with Crippen molar-refractivity contribution in [1.82, 2.24) is 38.6 Å². The molecule has 0 bridgehead atoms. The fourth-order valence-corrected chi connectivity index (χ4v) is 13.4. The Balaban J connectivity index is 0.000000223. The van der Waals surface area contributed by atoms with Crippen LogP contribution in [0, 0.1) is 0 Å². The minimum Gasteiger partial charge on any atom is -0.503 e. The third-order valence-electron chi connectivity index (χ3n) is 18.5. The lowest BCUT2D eigenvalue weighted by molar-refractivity contribution is -0.111. The number of pyridine rings is 4. The molecule has 26 nitrogen and oxygen atoms in total. The molecule has 0 aliphatic rings. The first-order valence-electron chi connectivity index (χ1n) is 37.5. The lowest BCUT2D eigenvalue weighted by Gasteiger charge is -2.22. The maximum atomic E-state index is 13.5. The van der Waals surface area contributed by atoms with Crippen LogP contribution in [0.1, 0.15) is 128 Å². The summed E-state index contributed by atoms with van der Waals surface area (Å²) in [6.07, 6.45) is 7.62. The van der Waals surface area contributed by atoms with E-state index in [-0.39, 0.29) is 115 Å². The molecule has 11 aromatic rings. The van der Waals surface area contributed by atoms with Gasteiger partial charge in [-0.15, -0.1) is 12.4 Å². The largest absolute Gasteiger partial charge is 0.503 e. The highest BCUT2D eigenvalue weighted by Gasteiger charge is 2.29. The molecule has 121 heavy (non-hydrogen) atoms. The molecule has 0 unspecified atom stereocenters. The minimum atomic E-state index is -0.656. The zero-order valence-corrected chi connectivity index (χ0v) is 73.8. The molecular weight excluding hydrogens is 1730 g/mol. The monoisotopic (exact) mass is 1820 g/mol. The summed E-state index contributed by atoms with van der Waals surface area (Å²) in [4.78, 5) is 103. The van der Waals surface area contributed by atoms with Gasteiger partial charge in [-0.2, -0.15) is 0 Å². The first-order valence-corrected chi connectivity index (χ1v) is 39.9. The number of aromatic hydroxyl groups is 2. The molecule has 5 N–H and O–H groups in total. The molecule has 11 rings (SSSR count). The number of hydrogen-bond donors (Lipinski definition) is 5. The van der Waals surface area contributed by atoms with Crippen molar-refractivity contribution in [3.05, 3.63) is 344 Å². The van der Waals surface area contributed by atoms with Crippen molar-refractivity contribution >= 4 is 104 Å². The van der Waals surface area contributed by atoms with Gasteiger partial charge >= 0.3 is 0 Å². The standard InChI is InChI=1S/C27H29ClN2O5.C24H24BrClN2O5.C20H25ClN2O5.C18H17ClN2O3.ClH/c1-18(2)22-15-30(16-23(33-3)34-4)24(27(32)29-14-20-11-8-12-21(28)13-20)26(25(22)31)35-17-19-9-6-5-7-10-19;1-31-20(32-2)14-28-13-19(25)22(29)23(33-15-16-7-4-3-5-8-16)21(28)24(30)27-12-17-9-6-10-18(26)11-17;1-12(2)15-10-23(11-16(27-3)28-4)17(19(25)18(15)24)20(26)22-9-13-6-5-7-14(21)8-13;1-11(2)14-10-20-6-7-21(9-12-4-3-5-13(19)8-12)18(24)15(20)17(23)16(14)22;/h5-13,15,23H,1,14,16-17H2,2-4H3,(H,29,32);3-11,13,20H,12,14-15H2,1-2H3,(H,27,30);5-8,10,12,16,25H,9,11H2,1-4H3,(H,22,26);3-8,10-11,23H,9H2,1-2H3;1H. The SMILES string of the molecule is C=C(C)c1cn(CC(OC)OC)c(C(=O)NCc2cccc(Cl)c2)c(OCc2ccccc2)c1=O.CC(C)c1cn2ccn(Cc3cccc(Cl)c3)c(=O)c2c(O)c1=O.COC(Cn1cc(Br)c(=O)c(OCc2ccccc2)c1C(=O)NCc1cccc(Cl)c1)OC.COC(Cn1cc(C(C)C)c(=O)c(O)c1C(=O)NCc1cccc(Cl)c1)OC.Cl. The fraction of sp³-hybridized carbons (Fsp3) is 0.281. The van der Waals surface area contributed by atoms with Gasteiger partial charge in [0, 0.05) is 136 Å². The molecule has 0 aliphatic carbocycles. The van der Waals surface area contributed by atoms with E-state index in [2.05, 4.69) is 38.5 Å². The van der Waals surface area contributed by atoms with Crippen LogP contribution in [0.15, 0.2) is 230 Å². The Hall–Kier alpha value is -10.6. The summed E-state index contributed by atoms with van der Waals surface area (Å²) in [6, 6.07) is 47.4. The molecule has 0 atom stereocenters. The fourth-order valence-electron chi connectivity index (χ4n) is 12.1. The highest BCUT2D eigenvalue weighted by molar-refractivity contribution is 9.10. The minimum absolute atomic E-state index is 0. The molecule has 0 saturated heterocycles. The topological polar surface area (TPSA) is 311 Å². The van der Waals surface area contributed by atoms with E-state index in [4.69, 9.17) is 84.3 Å². The molecule has 6 aromatic carbocycles. The number of carbonyl (C=O) groups excluding carboxylic acids is 3. The first-order chi connectivity index (χ1) is 57.4. The molecule has 3 amide bonds. The number of carbonyl (C=O) groups is 3. The number of halogens is 6. The number of aromatic nitrogens is 5. The van der Waals surface area contributed by atoms with Crippen LogP contribution in [0.4, 0.5) is 0 Å². The molecule has 0 aliphatic heterocycles. The second-order valence-electron chi connectivity index (χ2n) is 27.8. The van der Waals surface area contributed by atoms with Crippen LogP contribution in [-0.4, -0.2) is 112 Å². The van der Waals surface area contributed by atoms with Crippen LogP contribution in [0.25, 0.3) is 11.1 Å². The third kappa shape index (κ3) is 27.2. The summed E-state index contributed by atoms with van der Waals surface area (Å²) in [5, 5.41) is 31.4. The molecule has 0 fully saturated rings. The lowest BCUT2D eigenvalue weighted by atomic mass is 10.0. The lowest BCUT2D eigenvalue weighted by Crippen LogP contribution is -2.33. The maximum Gasteiger partial charge on any atom is 0.279 e. The second kappa shape index (κ2) is 47.5. The zero-order chi connectivity index (χ0) is 87.4. The van der Waals surface area contributed by atoms with E-state index in [9.17, 15) is 48.6 Å². The Morgan fingerprint density at radius 2 is 0.793 bits per heavy atom. The molecule has 5 aromatic heterocycles. The van der Waals surface area contributed by atoms with Crippen molar-refractivity contribution in [3.8, 4) is 23.0 Å². The number of hydrogen-bond acceptors (Lipinski definition) is 18. The number of nitrogens with one attached hydrogen (secondary N) is 3. The number of rotatable bonds is 32. The molecule has 642 valence electrons. The predicted molar refractivity (Wildman–Crippen MR) is 475 cm³/mol. The molecular formula is C89H96BrCl5N8O18. The Bertz CT molecular complexity index is 5700. The highest BCUT2D eigenvalue weighted by Crippen LogP contribution is 2.27. The number of allylic oxidation sites excluding steroid dienone is 1. The number of amides is 3. The van der Waals surface area contributed by atoms with Gasteiger partial charge in [-0.1, -0.05) is 190 Å². The molecule has 32 heteroatoms. The summed E-state index contributed by atoms with van der Waals surface area (Å²) in [5.41, 5.74) is 4.40. The van der Waals surface area contributed by atoms with Gasteiger partial charge in [0.15, 0.2) is 64.5 Å². The van der Waals surface area contributed by atoms with Gasteiger partial charge in [-0.25, -0.2) is 0 Å². The van der Waals surface area contributed by atoms with E-state index < -0.39 is 75.4 Å². The highest BCUT2D eigenvalue weighted by atomic mass is 79.9. The Labute approximate surface area is 734 Å². The molecule has 0 saturated carbocycles. The van der Waals surface area contributed by atoms with Crippen LogP contribution in [0.5, 0.6) is 23.0 Å². The van der Waals surface area contributed by atoms with E-state index in [0.717, 1.165) is 33.4 Å². The number of ether oxygens (including phenoxy) is 8. The Morgan fingerprint density at radius 3 is 1.19 bits per heavy atom. The maximum absolute atomic E-state index is 13.5. The van der Waals surface area contributed by atoms with Crippen LogP contribution >= 0.6 is 74.7 Å². The normalized spacial score (nSPS) is 11.0. The van der Waals surface area contributed by atoms with Gasteiger partial charge in [0.25, 0.3) is 23.3 Å². The quantitative estimate of drug-likeness (QED) is 0.0245.